The first kappa shape index (κ1) is 12.2. The molecule has 0 bridgehead atoms. The summed E-state index contributed by atoms with van der Waals surface area (Å²) in [4.78, 5) is 10.5. The number of benzene rings is 2. The quantitative estimate of drug-likeness (QED) is 0.807. The van der Waals surface area contributed by atoms with Gasteiger partial charge in [-0.2, -0.15) is 0 Å². The molecule has 1 unspecified atom stereocenters. The van der Waals surface area contributed by atoms with E-state index in [2.05, 4.69) is 0 Å². The van der Waals surface area contributed by atoms with E-state index in [9.17, 15) is 4.79 Å². The summed E-state index contributed by atoms with van der Waals surface area (Å²) >= 11 is 0. The minimum absolute atomic E-state index is 0.436. The van der Waals surface area contributed by atoms with Crippen molar-refractivity contribution in [2.24, 2.45) is 0 Å². The van der Waals surface area contributed by atoms with Crippen molar-refractivity contribution in [3.63, 3.8) is 0 Å². The highest BCUT2D eigenvalue weighted by Crippen LogP contribution is 2.26. The molecule has 1 atom stereocenters. The zero-order valence-corrected chi connectivity index (χ0v) is 10.00. The van der Waals surface area contributed by atoms with Crippen LogP contribution in [0, 0.1) is 0 Å². The first-order valence-corrected chi connectivity index (χ1v) is 5.57. The van der Waals surface area contributed by atoms with Crippen molar-refractivity contribution >= 4 is 6.47 Å². The molecule has 2 rings (SSSR count). The molecule has 18 heavy (non-hydrogen) atoms. The SMILES string of the molecule is COc1ccc(C(O[C]=O)c2ccccc2)cc1. The third-order valence-electron chi connectivity index (χ3n) is 2.69. The van der Waals surface area contributed by atoms with E-state index in [0.717, 1.165) is 16.9 Å². The molecule has 91 valence electrons. The molecule has 0 aliphatic carbocycles. The fraction of sp³-hybridized carbons (Fsp3) is 0.133. The van der Waals surface area contributed by atoms with Crippen molar-refractivity contribution in [1.29, 1.82) is 0 Å². The molecule has 0 spiro atoms. The maximum absolute atomic E-state index is 10.5. The summed E-state index contributed by atoms with van der Waals surface area (Å²) in [7, 11) is 1.61. The maximum atomic E-state index is 10.5. The first-order chi connectivity index (χ1) is 8.85. The molecule has 0 amide bonds. The summed E-state index contributed by atoms with van der Waals surface area (Å²) in [6, 6.07) is 16.9. The number of hydrogen-bond donors (Lipinski definition) is 0. The van der Waals surface area contributed by atoms with Crippen molar-refractivity contribution in [2.75, 3.05) is 7.11 Å². The third kappa shape index (κ3) is 2.69. The number of hydrogen-bond acceptors (Lipinski definition) is 3. The van der Waals surface area contributed by atoms with Gasteiger partial charge in [-0.25, -0.2) is 4.79 Å². The highest BCUT2D eigenvalue weighted by molar-refractivity contribution is 5.43. The Morgan fingerprint density at radius 2 is 1.56 bits per heavy atom. The van der Waals surface area contributed by atoms with Gasteiger partial charge >= 0.3 is 6.47 Å². The van der Waals surface area contributed by atoms with Gasteiger partial charge in [-0.3, -0.25) is 0 Å². The minimum atomic E-state index is -0.436. The molecule has 2 aromatic carbocycles. The monoisotopic (exact) mass is 241 g/mol. The van der Waals surface area contributed by atoms with Crippen LogP contribution in [0.25, 0.3) is 0 Å². The predicted octanol–water partition coefficient (Wildman–Crippen LogP) is 2.87. The lowest BCUT2D eigenvalue weighted by molar-refractivity contribution is 0.216. The van der Waals surface area contributed by atoms with Gasteiger partial charge in [-0.1, -0.05) is 42.5 Å². The van der Waals surface area contributed by atoms with Crippen LogP contribution in [0.15, 0.2) is 54.6 Å². The third-order valence-corrected chi connectivity index (χ3v) is 2.69. The van der Waals surface area contributed by atoms with E-state index in [0.29, 0.717) is 0 Å². The summed E-state index contributed by atoms with van der Waals surface area (Å²) in [5.41, 5.74) is 1.79. The molecule has 0 aliphatic heterocycles. The largest absolute Gasteiger partial charge is 0.497 e. The highest BCUT2D eigenvalue weighted by Gasteiger charge is 2.15. The van der Waals surface area contributed by atoms with Crippen LogP contribution in [0.5, 0.6) is 5.75 Å². The van der Waals surface area contributed by atoms with Crippen LogP contribution in [0.2, 0.25) is 0 Å². The Hall–Kier alpha value is -2.29. The Kier molecular flexibility index (Phi) is 3.97. The summed E-state index contributed by atoms with van der Waals surface area (Å²) in [5.74, 6) is 0.764. The second kappa shape index (κ2) is 5.87. The normalized spacial score (nSPS) is 11.6. The summed E-state index contributed by atoms with van der Waals surface area (Å²) in [6.07, 6.45) is -0.436. The van der Waals surface area contributed by atoms with Gasteiger partial charge in [-0.05, 0) is 23.3 Å². The topological polar surface area (TPSA) is 35.5 Å². The molecule has 1 radical (unpaired) electrons. The van der Waals surface area contributed by atoms with Crippen LogP contribution in [-0.4, -0.2) is 13.6 Å². The van der Waals surface area contributed by atoms with Crippen molar-refractivity contribution in [2.45, 2.75) is 6.10 Å². The van der Waals surface area contributed by atoms with E-state index in [-0.39, 0.29) is 0 Å². The van der Waals surface area contributed by atoms with Gasteiger partial charge in [-0.15, -0.1) is 0 Å². The van der Waals surface area contributed by atoms with Gasteiger partial charge in [0.1, 0.15) is 5.75 Å². The Bertz CT molecular complexity index is 491. The molecule has 0 N–H and O–H groups in total. The number of ether oxygens (including phenoxy) is 2. The van der Waals surface area contributed by atoms with Gasteiger partial charge in [0, 0.05) is 0 Å². The smallest absolute Gasteiger partial charge is 0.418 e. The van der Waals surface area contributed by atoms with Crippen LogP contribution in [0.1, 0.15) is 17.2 Å². The molecule has 3 heteroatoms. The van der Waals surface area contributed by atoms with Crippen LogP contribution in [0.4, 0.5) is 0 Å². The van der Waals surface area contributed by atoms with Gasteiger partial charge in [0.15, 0.2) is 6.10 Å². The second-order valence-electron chi connectivity index (χ2n) is 3.77. The van der Waals surface area contributed by atoms with E-state index in [1.807, 2.05) is 54.6 Å². The standard InChI is InChI=1S/C15H13O3/c1-17-14-9-7-13(8-10-14)15(18-11-16)12-5-3-2-4-6-12/h2-10,15H,1H3. The second-order valence-corrected chi connectivity index (χ2v) is 3.77. The van der Waals surface area contributed by atoms with E-state index >= 15 is 0 Å². The molecular formula is C15H13O3. The summed E-state index contributed by atoms with van der Waals surface area (Å²) < 4.78 is 10.1. The zero-order chi connectivity index (χ0) is 12.8. The molecule has 0 aliphatic rings. The molecule has 0 heterocycles. The van der Waals surface area contributed by atoms with Crippen LogP contribution >= 0.6 is 0 Å². The highest BCUT2D eigenvalue weighted by atomic mass is 16.5. The van der Waals surface area contributed by atoms with Crippen LogP contribution in [-0.2, 0) is 9.53 Å². The Morgan fingerprint density at radius 1 is 0.944 bits per heavy atom. The van der Waals surface area contributed by atoms with E-state index in [4.69, 9.17) is 9.47 Å². The lowest BCUT2D eigenvalue weighted by atomic mass is 10.0. The number of methoxy groups -OCH3 is 1. The average molecular weight is 241 g/mol. The molecular weight excluding hydrogens is 228 g/mol. The van der Waals surface area contributed by atoms with Gasteiger partial charge in [0.05, 0.1) is 7.11 Å². The molecule has 0 saturated carbocycles. The zero-order valence-electron chi connectivity index (χ0n) is 10.00. The van der Waals surface area contributed by atoms with Crippen LogP contribution < -0.4 is 4.74 Å². The lowest BCUT2D eigenvalue weighted by Gasteiger charge is -2.15. The van der Waals surface area contributed by atoms with Crippen molar-refractivity contribution < 1.29 is 14.3 Å². The molecule has 2 aromatic rings. The summed E-state index contributed by atoms with van der Waals surface area (Å²) in [6.45, 7) is 1.51. The van der Waals surface area contributed by atoms with E-state index in [1.54, 1.807) is 7.11 Å². The molecule has 0 aromatic heterocycles. The van der Waals surface area contributed by atoms with Gasteiger partial charge < -0.3 is 9.47 Å². The average Bonchev–Trinajstić information content (AvgIpc) is 2.46. The van der Waals surface area contributed by atoms with E-state index < -0.39 is 6.10 Å². The lowest BCUT2D eigenvalue weighted by Crippen LogP contribution is -2.04. The number of rotatable bonds is 5. The van der Waals surface area contributed by atoms with Crippen molar-refractivity contribution in [3.05, 3.63) is 65.7 Å². The van der Waals surface area contributed by atoms with Gasteiger partial charge in [0.2, 0.25) is 0 Å². The van der Waals surface area contributed by atoms with Crippen molar-refractivity contribution in [3.8, 4) is 5.75 Å². The molecule has 0 saturated heterocycles. The fourth-order valence-electron chi connectivity index (χ4n) is 1.78. The van der Waals surface area contributed by atoms with Crippen molar-refractivity contribution in [1.82, 2.24) is 0 Å². The molecule has 0 fully saturated rings. The van der Waals surface area contributed by atoms with Crippen LogP contribution in [0.3, 0.4) is 0 Å². The fourth-order valence-corrected chi connectivity index (χ4v) is 1.78. The molecule has 3 nitrogen and oxygen atoms in total. The minimum Gasteiger partial charge on any atom is -0.497 e. The van der Waals surface area contributed by atoms with Gasteiger partial charge in [0.25, 0.3) is 0 Å². The number of carbonyl (C=O) groups excluding carboxylic acids is 1. The first-order valence-electron chi connectivity index (χ1n) is 5.57. The summed E-state index contributed by atoms with van der Waals surface area (Å²) in [5, 5.41) is 0. The Balaban J connectivity index is 2.32. The van der Waals surface area contributed by atoms with E-state index in [1.165, 1.54) is 6.47 Å². The maximum Gasteiger partial charge on any atom is 0.418 e. The predicted molar refractivity (Wildman–Crippen MR) is 68.1 cm³/mol. The Morgan fingerprint density at radius 3 is 2.11 bits per heavy atom. The Labute approximate surface area is 106 Å².